The molecule has 0 spiro atoms. The first-order valence-electron chi connectivity index (χ1n) is 4.84. The van der Waals surface area contributed by atoms with Crippen molar-refractivity contribution in [1.82, 2.24) is 0 Å². The third kappa shape index (κ3) is 1.96. The summed E-state index contributed by atoms with van der Waals surface area (Å²) < 4.78 is 0. The van der Waals surface area contributed by atoms with Gasteiger partial charge in [0.1, 0.15) is 0 Å². The van der Waals surface area contributed by atoms with Gasteiger partial charge < -0.3 is 0 Å². The molecule has 3 aliphatic rings. The molecule has 2 saturated heterocycles. The third-order valence-electron chi connectivity index (χ3n) is 3.11. The molecule has 5 atom stereocenters. The van der Waals surface area contributed by atoms with E-state index in [-0.39, 0.29) is 0 Å². The zero-order valence-electron chi connectivity index (χ0n) is 7.75. The molecule has 0 aromatic rings. The van der Waals surface area contributed by atoms with Gasteiger partial charge in [-0.05, 0) is 38.4 Å². The fourth-order valence-electron chi connectivity index (χ4n) is 2.35. The van der Waals surface area contributed by atoms with Crippen LogP contribution in [0.4, 0.5) is 0 Å². The second-order valence-corrected chi connectivity index (χ2v) is 13.0. The average Bonchev–Trinajstić information content (AvgIpc) is 2.78. The molecule has 3 rings (SSSR count). The standard InChI is InChI=1S/C8H12S6/c1-4-7(11-13-9-4)5-2-3-6-8(5)12-14-10-6/h4-8H,2-3H2,1H3. The third-order valence-corrected chi connectivity index (χ3v) is 13.8. The van der Waals surface area contributed by atoms with Gasteiger partial charge in [0.2, 0.25) is 0 Å². The number of hydrogen-bond donors (Lipinski definition) is 0. The predicted octanol–water partition coefficient (Wildman–Crippen LogP) is 4.98. The lowest BCUT2D eigenvalue weighted by Gasteiger charge is -2.24. The van der Waals surface area contributed by atoms with Crippen LogP contribution in [0.2, 0.25) is 0 Å². The normalized spacial score (nSPS) is 52.5. The van der Waals surface area contributed by atoms with E-state index in [2.05, 4.69) is 50.1 Å². The molecule has 0 aromatic carbocycles. The van der Waals surface area contributed by atoms with E-state index < -0.39 is 0 Å². The van der Waals surface area contributed by atoms with Gasteiger partial charge in [0, 0.05) is 21.0 Å². The summed E-state index contributed by atoms with van der Waals surface area (Å²) in [7, 11) is 12.6. The van der Waals surface area contributed by atoms with E-state index >= 15 is 0 Å². The van der Waals surface area contributed by atoms with E-state index in [0.29, 0.717) is 0 Å². The molecule has 80 valence electrons. The minimum Gasteiger partial charge on any atom is -0.0782 e. The number of hydrogen-bond acceptors (Lipinski definition) is 6. The highest BCUT2D eigenvalue weighted by Crippen LogP contribution is 2.64. The Hall–Kier alpha value is 2.10. The van der Waals surface area contributed by atoms with Gasteiger partial charge in [0.05, 0.1) is 0 Å². The molecule has 6 heteroatoms. The highest BCUT2D eigenvalue weighted by molar-refractivity contribution is 9.11. The van der Waals surface area contributed by atoms with Gasteiger partial charge in [-0.1, -0.05) is 50.1 Å². The molecular formula is C8H12S6. The van der Waals surface area contributed by atoms with Crippen molar-refractivity contribution in [2.45, 2.75) is 40.8 Å². The zero-order valence-corrected chi connectivity index (χ0v) is 12.6. The Bertz CT molecular complexity index is 222. The molecular weight excluding hydrogens is 288 g/mol. The molecule has 0 aromatic heterocycles. The molecule has 14 heavy (non-hydrogen) atoms. The van der Waals surface area contributed by atoms with Gasteiger partial charge in [0.25, 0.3) is 0 Å². The van der Waals surface area contributed by atoms with Crippen molar-refractivity contribution in [2.75, 3.05) is 0 Å². The second kappa shape index (κ2) is 4.77. The molecule has 1 saturated carbocycles. The van der Waals surface area contributed by atoms with Gasteiger partial charge in [-0.2, -0.15) is 0 Å². The molecule has 2 aliphatic heterocycles. The Balaban J connectivity index is 1.72. The summed E-state index contributed by atoms with van der Waals surface area (Å²) in [6.45, 7) is 2.41. The summed E-state index contributed by atoms with van der Waals surface area (Å²) in [5, 5.41) is 3.72. The van der Waals surface area contributed by atoms with E-state index in [9.17, 15) is 0 Å². The first kappa shape index (κ1) is 11.2. The lowest BCUT2D eigenvalue weighted by atomic mass is 10.0. The van der Waals surface area contributed by atoms with Gasteiger partial charge >= 0.3 is 0 Å². The predicted molar refractivity (Wildman–Crippen MR) is 79.1 cm³/mol. The maximum atomic E-state index is 2.41. The Kier molecular flexibility index (Phi) is 3.81. The summed E-state index contributed by atoms with van der Waals surface area (Å²) >= 11 is 0. The van der Waals surface area contributed by atoms with Crippen LogP contribution in [0.5, 0.6) is 0 Å². The number of rotatable bonds is 1. The van der Waals surface area contributed by atoms with Crippen LogP contribution < -0.4 is 0 Å². The second-order valence-electron chi connectivity index (χ2n) is 3.93. The summed E-state index contributed by atoms with van der Waals surface area (Å²) in [5.41, 5.74) is 0. The molecule has 0 nitrogen and oxygen atoms in total. The van der Waals surface area contributed by atoms with Crippen molar-refractivity contribution in [1.29, 1.82) is 0 Å². The Morgan fingerprint density at radius 3 is 2.43 bits per heavy atom. The largest absolute Gasteiger partial charge is 0.0782 e. The summed E-state index contributed by atoms with van der Waals surface area (Å²) in [6.07, 6.45) is 2.96. The van der Waals surface area contributed by atoms with Crippen molar-refractivity contribution < 1.29 is 0 Å². The van der Waals surface area contributed by atoms with Crippen molar-refractivity contribution in [3.63, 3.8) is 0 Å². The van der Waals surface area contributed by atoms with E-state index in [1.807, 2.05) is 19.7 Å². The Morgan fingerprint density at radius 2 is 1.64 bits per heavy atom. The minimum atomic E-state index is 0.866. The molecule has 1 aliphatic carbocycles. The van der Waals surface area contributed by atoms with Crippen LogP contribution in [-0.2, 0) is 0 Å². The van der Waals surface area contributed by atoms with Crippen molar-refractivity contribution in [3.05, 3.63) is 0 Å². The first-order chi connectivity index (χ1) is 6.86. The van der Waals surface area contributed by atoms with E-state index in [4.69, 9.17) is 0 Å². The van der Waals surface area contributed by atoms with Crippen molar-refractivity contribution in [2.24, 2.45) is 5.92 Å². The van der Waals surface area contributed by atoms with Crippen LogP contribution in [0, 0.1) is 5.92 Å². The molecule has 0 amide bonds. The SMILES string of the molecule is CC1SSSC1C1CCC2SSSC21. The highest BCUT2D eigenvalue weighted by Gasteiger charge is 2.47. The Labute approximate surface area is 109 Å². The van der Waals surface area contributed by atoms with Crippen LogP contribution >= 0.6 is 62.8 Å². The summed E-state index contributed by atoms with van der Waals surface area (Å²) in [5.74, 6) is 0.995. The molecule has 0 bridgehead atoms. The van der Waals surface area contributed by atoms with Gasteiger partial charge in [0.15, 0.2) is 0 Å². The van der Waals surface area contributed by atoms with Crippen LogP contribution in [-0.4, -0.2) is 21.0 Å². The molecule has 5 unspecified atom stereocenters. The van der Waals surface area contributed by atoms with E-state index in [1.165, 1.54) is 12.8 Å². The lowest BCUT2D eigenvalue weighted by molar-refractivity contribution is 0.533. The quantitative estimate of drug-likeness (QED) is 0.622. The van der Waals surface area contributed by atoms with Gasteiger partial charge in [-0.3, -0.25) is 0 Å². The monoisotopic (exact) mass is 300 g/mol. The van der Waals surface area contributed by atoms with Gasteiger partial charge in [-0.25, -0.2) is 0 Å². The summed E-state index contributed by atoms with van der Waals surface area (Å²) in [4.78, 5) is 0. The Morgan fingerprint density at radius 1 is 0.857 bits per heavy atom. The van der Waals surface area contributed by atoms with E-state index in [1.54, 1.807) is 0 Å². The maximum Gasteiger partial charge on any atom is 0.0326 e. The highest BCUT2D eigenvalue weighted by atomic mass is 33.5. The maximum absolute atomic E-state index is 2.41. The first-order valence-corrected chi connectivity index (χ1v) is 12.1. The van der Waals surface area contributed by atoms with Crippen LogP contribution in [0.3, 0.4) is 0 Å². The fourth-order valence-corrected chi connectivity index (χ4v) is 15.4. The number of fused-ring (bicyclic) bond motifs is 1. The fraction of sp³-hybridized carbons (Fsp3) is 1.00. The lowest BCUT2D eigenvalue weighted by Crippen LogP contribution is -2.29. The van der Waals surface area contributed by atoms with Gasteiger partial charge in [-0.15, -0.1) is 0 Å². The zero-order chi connectivity index (χ0) is 9.54. The van der Waals surface area contributed by atoms with Crippen LogP contribution in [0.15, 0.2) is 0 Å². The van der Waals surface area contributed by atoms with Crippen LogP contribution in [0.25, 0.3) is 0 Å². The van der Waals surface area contributed by atoms with Crippen molar-refractivity contribution in [3.8, 4) is 0 Å². The van der Waals surface area contributed by atoms with Crippen molar-refractivity contribution >= 4 is 62.8 Å². The molecule has 2 heterocycles. The van der Waals surface area contributed by atoms with E-state index in [0.717, 1.165) is 26.9 Å². The minimum absolute atomic E-state index is 0.866. The topological polar surface area (TPSA) is 0 Å². The molecule has 0 N–H and O–H groups in total. The molecule has 3 fully saturated rings. The van der Waals surface area contributed by atoms with Crippen LogP contribution in [0.1, 0.15) is 19.8 Å². The molecule has 0 radical (unpaired) electrons. The smallest absolute Gasteiger partial charge is 0.0326 e. The average molecular weight is 301 g/mol. The summed E-state index contributed by atoms with van der Waals surface area (Å²) in [6, 6.07) is 0.